The van der Waals surface area contributed by atoms with Gasteiger partial charge in [-0.15, -0.1) is 11.3 Å². The van der Waals surface area contributed by atoms with Gasteiger partial charge in [0.15, 0.2) is 0 Å². The number of nitrogens with two attached hydrogens (primary N) is 1. The maximum Gasteiger partial charge on any atom is 0.0794 e. The van der Waals surface area contributed by atoms with Crippen molar-refractivity contribution in [3.8, 4) is 0 Å². The highest BCUT2D eigenvalue weighted by molar-refractivity contribution is 7.09. The van der Waals surface area contributed by atoms with Gasteiger partial charge in [-0.1, -0.05) is 0 Å². The quantitative estimate of drug-likeness (QED) is 0.693. The smallest absolute Gasteiger partial charge is 0.0794 e. The van der Waals surface area contributed by atoms with Crippen LogP contribution in [0.15, 0.2) is 11.7 Å². The summed E-state index contributed by atoms with van der Waals surface area (Å²) in [4.78, 5) is 5.41. The fourth-order valence-corrected chi connectivity index (χ4v) is 2.07. The first-order valence-corrected chi connectivity index (χ1v) is 4.34. The monoisotopic (exact) mass is 154 g/mol. The van der Waals surface area contributed by atoms with E-state index in [0.717, 1.165) is 6.54 Å². The van der Waals surface area contributed by atoms with E-state index in [1.807, 2.05) is 11.7 Å². The summed E-state index contributed by atoms with van der Waals surface area (Å²) in [7, 11) is 0. The highest BCUT2D eigenvalue weighted by Crippen LogP contribution is 2.48. The van der Waals surface area contributed by atoms with E-state index in [0.29, 0.717) is 5.41 Å². The number of rotatable bonds is 2. The van der Waals surface area contributed by atoms with Crippen LogP contribution in [-0.4, -0.2) is 11.5 Å². The zero-order chi connectivity index (χ0) is 7.03. The zero-order valence-electron chi connectivity index (χ0n) is 5.71. The second-order valence-corrected chi connectivity index (χ2v) is 3.74. The molecule has 0 aromatic carbocycles. The lowest BCUT2D eigenvalue weighted by atomic mass is 10.1. The van der Waals surface area contributed by atoms with Gasteiger partial charge >= 0.3 is 0 Å². The van der Waals surface area contributed by atoms with Gasteiger partial charge in [-0.05, 0) is 12.8 Å². The summed E-state index contributed by atoms with van der Waals surface area (Å²) >= 11 is 1.73. The average molecular weight is 154 g/mol. The van der Waals surface area contributed by atoms with Gasteiger partial charge in [-0.3, -0.25) is 4.98 Å². The number of nitrogens with zero attached hydrogens (tertiary/aromatic N) is 1. The molecule has 10 heavy (non-hydrogen) atoms. The molecule has 0 saturated heterocycles. The summed E-state index contributed by atoms with van der Waals surface area (Å²) in [6, 6.07) is 0. The molecule has 0 amide bonds. The molecule has 0 radical (unpaired) electrons. The molecule has 0 aliphatic heterocycles. The van der Waals surface area contributed by atoms with Gasteiger partial charge in [-0.25, -0.2) is 0 Å². The molecule has 0 unspecified atom stereocenters. The third-order valence-electron chi connectivity index (χ3n) is 2.20. The van der Waals surface area contributed by atoms with E-state index in [-0.39, 0.29) is 0 Å². The van der Waals surface area contributed by atoms with Crippen molar-refractivity contribution in [2.75, 3.05) is 6.54 Å². The van der Waals surface area contributed by atoms with Crippen LogP contribution >= 0.6 is 11.3 Å². The zero-order valence-corrected chi connectivity index (χ0v) is 6.53. The van der Waals surface area contributed by atoms with E-state index in [9.17, 15) is 0 Å². The van der Waals surface area contributed by atoms with Gasteiger partial charge in [0.2, 0.25) is 0 Å². The molecule has 2 nitrogen and oxygen atoms in total. The molecule has 1 heterocycles. The van der Waals surface area contributed by atoms with Crippen LogP contribution in [0.3, 0.4) is 0 Å². The molecule has 1 aromatic rings. The maximum atomic E-state index is 5.64. The Morgan fingerprint density at radius 2 is 2.50 bits per heavy atom. The summed E-state index contributed by atoms with van der Waals surface area (Å²) < 4.78 is 0. The predicted octanol–water partition coefficient (Wildman–Crippen LogP) is 1.13. The van der Waals surface area contributed by atoms with Crippen LogP contribution in [0.5, 0.6) is 0 Å². The summed E-state index contributed by atoms with van der Waals surface area (Å²) in [6.45, 7) is 0.787. The fourth-order valence-electron chi connectivity index (χ4n) is 1.18. The third kappa shape index (κ3) is 0.777. The number of aromatic nitrogens is 1. The van der Waals surface area contributed by atoms with Gasteiger partial charge in [-0.2, -0.15) is 0 Å². The molecule has 1 aliphatic carbocycles. The van der Waals surface area contributed by atoms with Gasteiger partial charge < -0.3 is 5.73 Å². The van der Waals surface area contributed by atoms with Crippen LogP contribution in [0.4, 0.5) is 0 Å². The van der Waals surface area contributed by atoms with Crippen molar-refractivity contribution >= 4 is 11.3 Å². The fraction of sp³-hybridized carbons (Fsp3) is 0.571. The highest BCUT2D eigenvalue weighted by atomic mass is 32.1. The topological polar surface area (TPSA) is 38.9 Å². The Bertz CT molecular complexity index is 214. The van der Waals surface area contributed by atoms with Gasteiger partial charge in [0.05, 0.1) is 5.51 Å². The van der Waals surface area contributed by atoms with Crippen molar-refractivity contribution in [3.05, 3.63) is 16.6 Å². The minimum absolute atomic E-state index is 0.348. The molecule has 1 aliphatic rings. The first kappa shape index (κ1) is 6.31. The maximum absolute atomic E-state index is 5.64. The standard InChI is InChI=1S/C7H10N2S/c8-4-7(1-2-7)6-3-9-5-10-6/h3,5H,1-2,4,8H2. The Balaban J connectivity index is 2.27. The van der Waals surface area contributed by atoms with Crippen LogP contribution in [0, 0.1) is 0 Å². The molecule has 0 spiro atoms. The Morgan fingerprint density at radius 1 is 1.70 bits per heavy atom. The second-order valence-electron chi connectivity index (χ2n) is 2.85. The largest absolute Gasteiger partial charge is 0.330 e. The van der Waals surface area contributed by atoms with Crippen molar-refractivity contribution < 1.29 is 0 Å². The number of hydrogen-bond acceptors (Lipinski definition) is 3. The van der Waals surface area contributed by atoms with Crippen LogP contribution in [-0.2, 0) is 5.41 Å². The molecule has 1 saturated carbocycles. The van der Waals surface area contributed by atoms with Crippen molar-refractivity contribution in [2.24, 2.45) is 5.73 Å². The highest BCUT2D eigenvalue weighted by Gasteiger charge is 2.43. The summed E-state index contributed by atoms with van der Waals surface area (Å²) in [6.07, 6.45) is 4.46. The van der Waals surface area contributed by atoms with Crippen LogP contribution < -0.4 is 5.73 Å². The molecular formula is C7H10N2S. The normalized spacial score (nSPS) is 20.9. The summed E-state index contributed by atoms with van der Waals surface area (Å²) in [5.74, 6) is 0. The Morgan fingerprint density at radius 3 is 2.90 bits per heavy atom. The Kier molecular flexibility index (Phi) is 1.28. The van der Waals surface area contributed by atoms with Gasteiger partial charge in [0.1, 0.15) is 0 Å². The predicted molar refractivity (Wildman–Crippen MR) is 42.1 cm³/mol. The van der Waals surface area contributed by atoms with Crippen molar-refractivity contribution in [3.63, 3.8) is 0 Å². The Hall–Kier alpha value is -0.410. The van der Waals surface area contributed by atoms with E-state index in [1.165, 1.54) is 17.7 Å². The molecule has 3 heteroatoms. The van der Waals surface area contributed by atoms with Crippen molar-refractivity contribution in [1.29, 1.82) is 0 Å². The molecule has 2 N–H and O–H groups in total. The molecular weight excluding hydrogens is 144 g/mol. The van der Waals surface area contributed by atoms with Gasteiger partial charge in [0.25, 0.3) is 0 Å². The van der Waals surface area contributed by atoms with E-state index in [1.54, 1.807) is 11.3 Å². The van der Waals surface area contributed by atoms with E-state index in [4.69, 9.17) is 5.73 Å². The third-order valence-corrected chi connectivity index (χ3v) is 3.22. The lowest BCUT2D eigenvalue weighted by Gasteiger charge is -2.06. The minimum Gasteiger partial charge on any atom is -0.330 e. The number of hydrogen-bond donors (Lipinski definition) is 1. The van der Waals surface area contributed by atoms with Crippen LogP contribution in [0.1, 0.15) is 17.7 Å². The molecule has 2 rings (SSSR count). The Labute approximate surface area is 64.1 Å². The molecule has 0 atom stereocenters. The average Bonchev–Trinajstić information content (AvgIpc) is 2.58. The first-order chi connectivity index (χ1) is 4.87. The van der Waals surface area contributed by atoms with Crippen molar-refractivity contribution in [1.82, 2.24) is 4.98 Å². The molecule has 0 bridgehead atoms. The van der Waals surface area contributed by atoms with Crippen LogP contribution in [0.2, 0.25) is 0 Å². The first-order valence-electron chi connectivity index (χ1n) is 3.46. The van der Waals surface area contributed by atoms with E-state index < -0.39 is 0 Å². The van der Waals surface area contributed by atoms with E-state index in [2.05, 4.69) is 4.98 Å². The second kappa shape index (κ2) is 2.04. The summed E-state index contributed by atoms with van der Waals surface area (Å²) in [5.41, 5.74) is 7.87. The van der Waals surface area contributed by atoms with Crippen molar-refractivity contribution in [2.45, 2.75) is 18.3 Å². The van der Waals surface area contributed by atoms with Crippen LogP contribution in [0.25, 0.3) is 0 Å². The molecule has 1 aromatic heterocycles. The lowest BCUT2D eigenvalue weighted by molar-refractivity contribution is 0.718. The van der Waals surface area contributed by atoms with E-state index >= 15 is 0 Å². The molecule has 54 valence electrons. The molecule has 1 fully saturated rings. The van der Waals surface area contributed by atoms with Gasteiger partial charge in [0, 0.05) is 23.0 Å². The number of thiazole rings is 1. The minimum atomic E-state index is 0.348. The lowest BCUT2D eigenvalue weighted by Crippen LogP contribution is -2.18. The summed E-state index contributed by atoms with van der Waals surface area (Å²) in [5, 5.41) is 0. The SMILES string of the molecule is NCC1(c2cncs2)CC1.